The molecule has 2 fully saturated rings. The minimum atomic E-state index is -0.0624. The van der Waals surface area contributed by atoms with Gasteiger partial charge in [0.05, 0.1) is 0 Å². The van der Waals surface area contributed by atoms with Crippen molar-refractivity contribution in [1.82, 2.24) is 10.9 Å². The first-order chi connectivity index (χ1) is 12.5. The van der Waals surface area contributed by atoms with E-state index in [-0.39, 0.29) is 11.8 Å². The highest BCUT2D eigenvalue weighted by atomic mass is 16.2. The first kappa shape index (κ1) is 20.6. The predicted molar refractivity (Wildman–Crippen MR) is 105 cm³/mol. The van der Waals surface area contributed by atoms with Crippen LogP contribution in [0.3, 0.4) is 0 Å². The van der Waals surface area contributed by atoms with E-state index in [1.54, 1.807) is 0 Å². The third-order valence-electron chi connectivity index (χ3n) is 5.23. The second kappa shape index (κ2) is 11.1. The molecule has 2 unspecified atom stereocenters. The zero-order chi connectivity index (χ0) is 18.8. The van der Waals surface area contributed by atoms with Gasteiger partial charge in [0.15, 0.2) is 0 Å². The van der Waals surface area contributed by atoms with E-state index in [4.69, 9.17) is 0 Å². The van der Waals surface area contributed by atoms with E-state index in [9.17, 15) is 9.59 Å². The molecule has 0 heterocycles. The minimum absolute atomic E-state index is 0.0624. The molecule has 0 spiro atoms. The van der Waals surface area contributed by atoms with Crippen LogP contribution in [0.1, 0.15) is 90.9 Å². The highest BCUT2D eigenvalue weighted by molar-refractivity contribution is 5.87. The summed E-state index contributed by atoms with van der Waals surface area (Å²) in [6.45, 7) is 4.45. The van der Waals surface area contributed by atoms with Crippen molar-refractivity contribution in [3.8, 4) is 0 Å². The summed E-state index contributed by atoms with van der Waals surface area (Å²) in [5.74, 6) is 1.21. The molecule has 2 amide bonds. The fourth-order valence-electron chi connectivity index (χ4n) is 3.69. The number of carbonyl (C=O) groups is 2. The topological polar surface area (TPSA) is 82.9 Å². The molecule has 146 valence electrons. The van der Waals surface area contributed by atoms with Crippen molar-refractivity contribution in [1.29, 1.82) is 0 Å². The van der Waals surface area contributed by atoms with E-state index >= 15 is 0 Å². The van der Waals surface area contributed by atoms with Crippen LogP contribution in [0.4, 0.5) is 0 Å². The lowest BCUT2D eigenvalue weighted by Crippen LogP contribution is -2.23. The quantitative estimate of drug-likeness (QED) is 0.531. The summed E-state index contributed by atoms with van der Waals surface area (Å²) in [6.07, 6.45) is 11.0. The highest BCUT2D eigenvalue weighted by Gasteiger charge is 2.15. The van der Waals surface area contributed by atoms with Crippen molar-refractivity contribution >= 4 is 23.2 Å². The fourth-order valence-corrected chi connectivity index (χ4v) is 3.69. The van der Waals surface area contributed by atoms with Crippen molar-refractivity contribution in [3.63, 3.8) is 0 Å². The Labute approximate surface area is 157 Å². The molecule has 6 nitrogen and oxygen atoms in total. The molecular formula is C20H34N4O2. The Balaban J connectivity index is 1.55. The van der Waals surface area contributed by atoms with Crippen molar-refractivity contribution in [2.24, 2.45) is 22.0 Å². The van der Waals surface area contributed by atoms with Gasteiger partial charge in [0.2, 0.25) is 11.8 Å². The van der Waals surface area contributed by atoms with Gasteiger partial charge in [-0.3, -0.25) is 9.59 Å². The lowest BCUT2D eigenvalue weighted by Gasteiger charge is -2.19. The number of nitrogens with zero attached hydrogens (tertiary/aromatic N) is 2. The Morgan fingerprint density at radius 2 is 1.27 bits per heavy atom. The van der Waals surface area contributed by atoms with E-state index in [2.05, 4.69) is 34.9 Å². The normalized spacial score (nSPS) is 26.7. The van der Waals surface area contributed by atoms with Crippen LogP contribution in [0.5, 0.6) is 0 Å². The van der Waals surface area contributed by atoms with E-state index in [1.807, 2.05) is 0 Å². The molecule has 2 saturated carbocycles. The summed E-state index contributed by atoms with van der Waals surface area (Å²) in [5, 5.41) is 8.51. The SMILES string of the molecule is CC1CCCC(=NNC(=O)CCCCC(=O)NN=C2CCCC(C)C2)C1. The van der Waals surface area contributed by atoms with Gasteiger partial charge in [0, 0.05) is 24.3 Å². The van der Waals surface area contributed by atoms with Gasteiger partial charge in [0.1, 0.15) is 0 Å². The van der Waals surface area contributed by atoms with Gasteiger partial charge in [-0.05, 0) is 76.0 Å². The molecule has 26 heavy (non-hydrogen) atoms. The molecule has 0 aliphatic heterocycles. The van der Waals surface area contributed by atoms with E-state index in [1.165, 1.54) is 12.8 Å². The molecule has 0 bridgehead atoms. The molecule has 0 saturated heterocycles. The molecule has 0 aromatic heterocycles. The number of hydrazone groups is 2. The van der Waals surface area contributed by atoms with Crippen LogP contribution in [0.25, 0.3) is 0 Å². The molecule has 0 aromatic carbocycles. The molecule has 6 heteroatoms. The molecule has 2 N–H and O–H groups in total. The smallest absolute Gasteiger partial charge is 0.240 e. The van der Waals surface area contributed by atoms with E-state index < -0.39 is 0 Å². The maximum absolute atomic E-state index is 11.8. The Morgan fingerprint density at radius 1 is 0.846 bits per heavy atom. The van der Waals surface area contributed by atoms with Crippen LogP contribution in [-0.4, -0.2) is 23.2 Å². The molecule has 2 rings (SSSR count). The van der Waals surface area contributed by atoms with Gasteiger partial charge in [-0.15, -0.1) is 0 Å². The average molecular weight is 363 g/mol. The van der Waals surface area contributed by atoms with Crippen LogP contribution >= 0.6 is 0 Å². The highest BCUT2D eigenvalue weighted by Crippen LogP contribution is 2.21. The second-order valence-corrected chi connectivity index (χ2v) is 8.04. The summed E-state index contributed by atoms with van der Waals surface area (Å²) < 4.78 is 0. The summed E-state index contributed by atoms with van der Waals surface area (Å²) in [7, 11) is 0. The molecule has 0 radical (unpaired) electrons. The lowest BCUT2D eigenvalue weighted by atomic mass is 9.89. The number of nitrogens with one attached hydrogen (secondary N) is 2. The molecule has 2 atom stereocenters. The maximum Gasteiger partial charge on any atom is 0.240 e. The average Bonchev–Trinajstić information content (AvgIpc) is 2.62. The van der Waals surface area contributed by atoms with Crippen molar-refractivity contribution in [2.75, 3.05) is 0 Å². The van der Waals surface area contributed by atoms with Crippen molar-refractivity contribution in [2.45, 2.75) is 90.9 Å². The van der Waals surface area contributed by atoms with Gasteiger partial charge < -0.3 is 0 Å². The zero-order valence-corrected chi connectivity index (χ0v) is 16.4. The number of unbranched alkanes of at least 4 members (excludes halogenated alkanes) is 1. The largest absolute Gasteiger partial charge is 0.273 e. The number of hydrogen-bond acceptors (Lipinski definition) is 4. The van der Waals surface area contributed by atoms with Crippen LogP contribution in [0.2, 0.25) is 0 Å². The Hall–Kier alpha value is -1.72. The van der Waals surface area contributed by atoms with Gasteiger partial charge in [-0.2, -0.15) is 10.2 Å². The first-order valence-electron chi connectivity index (χ1n) is 10.2. The van der Waals surface area contributed by atoms with Gasteiger partial charge in [-0.25, -0.2) is 10.9 Å². The third kappa shape index (κ3) is 8.11. The lowest BCUT2D eigenvalue weighted by molar-refractivity contribution is -0.123. The predicted octanol–water partition coefficient (Wildman–Crippen LogP) is 3.91. The standard InChI is InChI=1S/C20H34N4O2/c1-15-7-5-9-17(13-15)21-23-19(25)11-3-4-12-20(26)24-22-18-10-6-8-16(2)14-18/h15-16H,3-14H2,1-2H3,(H,23,25)(H,24,26). The number of hydrogen-bond donors (Lipinski definition) is 2. The summed E-state index contributed by atoms with van der Waals surface area (Å²) in [5.41, 5.74) is 7.53. The third-order valence-corrected chi connectivity index (χ3v) is 5.23. The molecule has 2 aliphatic rings. The fraction of sp³-hybridized carbons (Fsp3) is 0.800. The number of amides is 2. The monoisotopic (exact) mass is 362 g/mol. The molecule has 0 aromatic rings. The first-order valence-corrected chi connectivity index (χ1v) is 10.2. The Bertz CT molecular complexity index is 494. The van der Waals surface area contributed by atoms with Crippen LogP contribution < -0.4 is 10.9 Å². The Kier molecular flexibility index (Phi) is 8.78. The van der Waals surface area contributed by atoms with E-state index in [0.29, 0.717) is 37.5 Å². The van der Waals surface area contributed by atoms with E-state index in [0.717, 1.165) is 49.9 Å². The van der Waals surface area contributed by atoms with Crippen molar-refractivity contribution < 1.29 is 9.59 Å². The second-order valence-electron chi connectivity index (χ2n) is 8.04. The summed E-state index contributed by atoms with van der Waals surface area (Å²) in [4.78, 5) is 23.7. The zero-order valence-electron chi connectivity index (χ0n) is 16.4. The maximum atomic E-state index is 11.8. The summed E-state index contributed by atoms with van der Waals surface area (Å²) >= 11 is 0. The number of rotatable bonds is 7. The van der Waals surface area contributed by atoms with Gasteiger partial charge in [0.25, 0.3) is 0 Å². The van der Waals surface area contributed by atoms with Crippen LogP contribution in [0, 0.1) is 11.8 Å². The van der Waals surface area contributed by atoms with Crippen LogP contribution in [-0.2, 0) is 9.59 Å². The molecular weight excluding hydrogens is 328 g/mol. The Morgan fingerprint density at radius 3 is 1.65 bits per heavy atom. The van der Waals surface area contributed by atoms with Gasteiger partial charge >= 0.3 is 0 Å². The van der Waals surface area contributed by atoms with Crippen LogP contribution in [0.15, 0.2) is 10.2 Å². The summed E-state index contributed by atoms with van der Waals surface area (Å²) in [6, 6.07) is 0. The molecule has 2 aliphatic carbocycles. The van der Waals surface area contributed by atoms with Gasteiger partial charge in [-0.1, -0.05) is 13.8 Å². The van der Waals surface area contributed by atoms with Crippen molar-refractivity contribution in [3.05, 3.63) is 0 Å². The number of carbonyl (C=O) groups excluding carboxylic acids is 2. The minimum Gasteiger partial charge on any atom is -0.273 e.